The average molecular weight is 367 g/mol. The summed E-state index contributed by atoms with van der Waals surface area (Å²) in [4.78, 5) is 33.2. The van der Waals surface area contributed by atoms with Crippen LogP contribution in [0.5, 0.6) is 0 Å². The summed E-state index contributed by atoms with van der Waals surface area (Å²) in [5.41, 5.74) is 0.449. The number of aliphatic carboxylic acids is 1. The Morgan fingerprint density at radius 3 is 2.78 bits per heavy atom. The minimum Gasteiger partial charge on any atom is -0.480 e. The second-order valence-corrected chi connectivity index (χ2v) is 7.01. The van der Waals surface area contributed by atoms with Crippen molar-refractivity contribution in [1.29, 1.82) is 0 Å². The third-order valence-corrected chi connectivity index (χ3v) is 5.20. The lowest BCUT2D eigenvalue weighted by Crippen LogP contribution is -2.27. The standard InChI is InChI=1S/C19H21N5O3/c1-12(23-11-20-15-9-5-4-8-14(15)19(23)27)18-21-17(13-6-2-3-7-13)22-24(18)10-16(25)26/h4-5,8-9,11-13H,2-3,6-7,10H2,1H3,(H,25,26)/t12-/m1/s1. The molecule has 3 aromatic rings. The highest BCUT2D eigenvalue weighted by Gasteiger charge is 2.26. The second-order valence-electron chi connectivity index (χ2n) is 7.01. The lowest BCUT2D eigenvalue weighted by Gasteiger charge is -2.15. The summed E-state index contributed by atoms with van der Waals surface area (Å²) >= 11 is 0. The molecule has 2 aromatic heterocycles. The maximum absolute atomic E-state index is 12.9. The van der Waals surface area contributed by atoms with Crippen LogP contribution in [-0.4, -0.2) is 35.4 Å². The maximum atomic E-state index is 12.9. The molecule has 2 heterocycles. The molecule has 1 N–H and O–H groups in total. The Hall–Kier alpha value is -3.03. The van der Waals surface area contributed by atoms with Crippen LogP contribution in [0.1, 0.15) is 56.2 Å². The Morgan fingerprint density at radius 2 is 2.04 bits per heavy atom. The van der Waals surface area contributed by atoms with Crippen molar-refractivity contribution in [2.45, 2.75) is 51.1 Å². The molecule has 0 bridgehead atoms. The smallest absolute Gasteiger partial charge is 0.325 e. The van der Waals surface area contributed by atoms with Crippen LogP contribution < -0.4 is 5.56 Å². The molecule has 0 unspecified atom stereocenters. The number of fused-ring (bicyclic) bond motifs is 1. The van der Waals surface area contributed by atoms with E-state index in [2.05, 4.69) is 15.1 Å². The zero-order chi connectivity index (χ0) is 19.0. The molecule has 0 radical (unpaired) electrons. The number of hydrogen-bond donors (Lipinski definition) is 1. The summed E-state index contributed by atoms with van der Waals surface area (Å²) in [5.74, 6) is 0.420. The van der Waals surface area contributed by atoms with Gasteiger partial charge in [0.15, 0.2) is 11.6 Å². The summed E-state index contributed by atoms with van der Waals surface area (Å²) in [5, 5.41) is 14.2. The van der Waals surface area contributed by atoms with Gasteiger partial charge in [-0.3, -0.25) is 14.2 Å². The molecule has 1 fully saturated rings. The van der Waals surface area contributed by atoms with Crippen LogP contribution in [0.3, 0.4) is 0 Å². The molecular weight excluding hydrogens is 346 g/mol. The fourth-order valence-electron chi connectivity index (χ4n) is 3.77. The molecule has 1 atom stereocenters. The van der Waals surface area contributed by atoms with E-state index in [1.807, 2.05) is 13.0 Å². The second kappa shape index (κ2) is 6.94. The highest BCUT2D eigenvalue weighted by molar-refractivity contribution is 5.76. The Kier molecular flexibility index (Phi) is 4.47. The van der Waals surface area contributed by atoms with Gasteiger partial charge >= 0.3 is 5.97 Å². The number of benzene rings is 1. The third kappa shape index (κ3) is 3.22. The highest BCUT2D eigenvalue weighted by atomic mass is 16.4. The molecule has 27 heavy (non-hydrogen) atoms. The lowest BCUT2D eigenvalue weighted by molar-refractivity contribution is -0.137. The number of para-hydroxylation sites is 1. The molecule has 1 aliphatic rings. The SMILES string of the molecule is C[C@H](c1nc(C2CCCC2)nn1CC(=O)O)n1cnc2ccccc2c1=O. The number of hydrogen-bond acceptors (Lipinski definition) is 5. The van der Waals surface area contributed by atoms with E-state index in [0.29, 0.717) is 22.6 Å². The van der Waals surface area contributed by atoms with E-state index in [4.69, 9.17) is 0 Å². The van der Waals surface area contributed by atoms with Crippen molar-refractivity contribution in [2.75, 3.05) is 0 Å². The van der Waals surface area contributed by atoms with Crippen LogP contribution in [-0.2, 0) is 11.3 Å². The Balaban J connectivity index is 1.78. The number of carbonyl (C=O) groups is 1. The molecule has 0 saturated heterocycles. The molecular formula is C19H21N5O3. The summed E-state index contributed by atoms with van der Waals surface area (Å²) in [7, 11) is 0. The molecule has 8 heteroatoms. The van der Waals surface area contributed by atoms with E-state index in [1.165, 1.54) is 15.6 Å². The first kappa shape index (κ1) is 17.4. The predicted octanol–water partition coefficient (Wildman–Crippen LogP) is 2.34. The van der Waals surface area contributed by atoms with Gasteiger partial charge in [0.25, 0.3) is 5.56 Å². The average Bonchev–Trinajstić information content (AvgIpc) is 3.31. The first-order chi connectivity index (χ1) is 13.0. The molecule has 1 aromatic carbocycles. The molecule has 1 aliphatic carbocycles. The van der Waals surface area contributed by atoms with Crippen molar-refractivity contribution in [3.05, 3.63) is 52.6 Å². The summed E-state index contributed by atoms with van der Waals surface area (Å²) < 4.78 is 2.89. The molecule has 0 amide bonds. The van der Waals surface area contributed by atoms with Crippen molar-refractivity contribution in [1.82, 2.24) is 24.3 Å². The van der Waals surface area contributed by atoms with Gasteiger partial charge in [0.05, 0.1) is 23.3 Å². The molecule has 0 spiro atoms. The zero-order valence-corrected chi connectivity index (χ0v) is 15.1. The fourth-order valence-corrected chi connectivity index (χ4v) is 3.77. The summed E-state index contributed by atoms with van der Waals surface area (Å²) in [6.07, 6.45) is 5.79. The van der Waals surface area contributed by atoms with Crippen LogP contribution in [0.2, 0.25) is 0 Å². The van der Waals surface area contributed by atoms with Gasteiger partial charge < -0.3 is 5.11 Å². The van der Waals surface area contributed by atoms with Crippen LogP contribution >= 0.6 is 0 Å². The van der Waals surface area contributed by atoms with Crippen molar-refractivity contribution in [3.8, 4) is 0 Å². The number of rotatable bonds is 5. The molecule has 0 aliphatic heterocycles. The Morgan fingerprint density at radius 1 is 1.30 bits per heavy atom. The van der Waals surface area contributed by atoms with E-state index in [-0.39, 0.29) is 18.0 Å². The van der Waals surface area contributed by atoms with E-state index in [0.717, 1.165) is 25.7 Å². The topological polar surface area (TPSA) is 103 Å². The number of carboxylic acids is 1. The first-order valence-corrected chi connectivity index (χ1v) is 9.17. The third-order valence-electron chi connectivity index (χ3n) is 5.20. The van der Waals surface area contributed by atoms with Crippen LogP contribution in [0.25, 0.3) is 10.9 Å². The molecule has 4 rings (SSSR count). The minimum absolute atomic E-state index is 0.180. The van der Waals surface area contributed by atoms with E-state index < -0.39 is 12.0 Å². The van der Waals surface area contributed by atoms with E-state index in [1.54, 1.807) is 18.2 Å². The van der Waals surface area contributed by atoms with Crippen LogP contribution in [0.4, 0.5) is 0 Å². The van der Waals surface area contributed by atoms with Crippen LogP contribution in [0.15, 0.2) is 35.4 Å². The van der Waals surface area contributed by atoms with Crippen molar-refractivity contribution in [3.63, 3.8) is 0 Å². The Labute approximate surface area is 155 Å². The maximum Gasteiger partial charge on any atom is 0.325 e. The number of carboxylic acid groups (broad SMARTS) is 1. The van der Waals surface area contributed by atoms with Crippen LogP contribution in [0, 0.1) is 0 Å². The number of nitrogens with zero attached hydrogens (tertiary/aromatic N) is 5. The van der Waals surface area contributed by atoms with Gasteiger partial charge in [-0.15, -0.1) is 0 Å². The quantitative estimate of drug-likeness (QED) is 0.742. The van der Waals surface area contributed by atoms with Gasteiger partial charge in [0.1, 0.15) is 6.54 Å². The fraction of sp³-hybridized carbons (Fsp3) is 0.421. The molecule has 8 nitrogen and oxygen atoms in total. The van der Waals surface area contributed by atoms with Crippen molar-refractivity contribution >= 4 is 16.9 Å². The summed E-state index contributed by atoms with van der Waals surface area (Å²) in [6.45, 7) is 1.54. The lowest BCUT2D eigenvalue weighted by atomic mass is 10.1. The normalized spacial score (nSPS) is 16.0. The van der Waals surface area contributed by atoms with Gasteiger partial charge in [-0.1, -0.05) is 25.0 Å². The zero-order valence-electron chi connectivity index (χ0n) is 15.1. The van der Waals surface area contributed by atoms with Gasteiger partial charge in [-0.25, -0.2) is 14.6 Å². The largest absolute Gasteiger partial charge is 0.480 e. The minimum atomic E-state index is -0.990. The monoisotopic (exact) mass is 367 g/mol. The first-order valence-electron chi connectivity index (χ1n) is 9.17. The molecule has 140 valence electrons. The van der Waals surface area contributed by atoms with E-state index >= 15 is 0 Å². The Bertz CT molecular complexity index is 1050. The molecule has 1 saturated carbocycles. The van der Waals surface area contributed by atoms with E-state index in [9.17, 15) is 14.7 Å². The van der Waals surface area contributed by atoms with Gasteiger partial charge in [0, 0.05) is 5.92 Å². The highest BCUT2D eigenvalue weighted by Crippen LogP contribution is 2.33. The number of aromatic nitrogens is 5. The van der Waals surface area contributed by atoms with Gasteiger partial charge in [-0.05, 0) is 31.9 Å². The summed E-state index contributed by atoms with van der Waals surface area (Å²) in [6, 6.07) is 6.68. The van der Waals surface area contributed by atoms with Crippen molar-refractivity contribution < 1.29 is 9.90 Å². The van der Waals surface area contributed by atoms with Gasteiger partial charge in [-0.2, -0.15) is 5.10 Å². The predicted molar refractivity (Wildman–Crippen MR) is 98.7 cm³/mol. The van der Waals surface area contributed by atoms with Crippen molar-refractivity contribution in [2.24, 2.45) is 0 Å². The van der Waals surface area contributed by atoms with Gasteiger partial charge in [0.2, 0.25) is 0 Å².